The fraction of sp³-hybridized carbons (Fsp3) is 0.818. The lowest BCUT2D eigenvalue weighted by Gasteiger charge is -2.35. The van der Waals surface area contributed by atoms with Crippen LogP contribution in [0.4, 0.5) is 0 Å². The zero-order chi connectivity index (χ0) is 21.2. The first-order chi connectivity index (χ1) is 11.1. The molecule has 26 heavy (non-hydrogen) atoms. The summed E-state index contributed by atoms with van der Waals surface area (Å²) in [6.45, 7) is 26.1. The molecular weight excluding hydrogens is 348 g/mol. The zero-order valence-corrected chi connectivity index (χ0v) is 21.3. The first kappa shape index (κ1) is 26.1. The van der Waals surface area contributed by atoms with Gasteiger partial charge in [-0.25, -0.2) is 0 Å². The van der Waals surface area contributed by atoms with E-state index in [-0.39, 0.29) is 21.1 Å². The van der Waals surface area contributed by atoms with E-state index in [9.17, 15) is 0 Å². The van der Waals surface area contributed by atoms with Crippen molar-refractivity contribution in [1.29, 1.82) is 0 Å². The summed E-state index contributed by atoms with van der Waals surface area (Å²) in [7, 11) is 10.0. The Hall–Kier alpha value is 0.110. The summed E-state index contributed by atoms with van der Waals surface area (Å²) in [4.78, 5) is 0. The van der Waals surface area contributed by atoms with Crippen molar-refractivity contribution in [2.75, 3.05) is 12.3 Å². The van der Waals surface area contributed by atoms with Gasteiger partial charge in [0.15, 0.2) is 0 Å². The Morgan fingerprint density at radius 2 is 0.769 bits per heavy atom. The van der Waals surface area contributed by atoms with Gasteiger partial charge >= 0.3 is 15.1 Å². The topological polar surface area (TPSA) is 0 Å². The van der Waals surface area contributed by atoms with Crippen LogP contribution in [0.3, 0.4) is 0 Å². The van der Waals surface area contributed by atoms with Crippen molar-refractivity contribution in [1.82, 2.24) is 0 Å². The fourth-order valence-electron chi connectivity index (χ4n) is 1.97. The van der Waals surface area contributed by atoms with E-state index in [0.29, 0.717) is 0 Å². The van der Waals surface area contributed by atoms with E-state index in [0.717, 1.165) is 12.3 Å². The number of hydrogen-bond acceptors (Lipinski definition) is 0. The molecule has 0 N–H and O–H groups in total. The van der Waals surface area contributed by atoms with Gasteiger partial charge in [-0.05, 0) is 83.1 Å². The number of hydrogen-bond donors (Lipinski definition) is 0. The van der Waals surface area contributed by atoms with Crippen molar-refractivity contribution >= 4 is 29.4 Å². The third-order valence-corrected chi connectivity index (χ3v) is 12.5. The molecule has 0 aliphatic rings. The van der Waals surface area contributed by atoms with Gasteiger partial charge < -0.3 is 0 Å². The Morgan fingerprint density at radius 3 is 0.923 bits per heavy atom. The molecule has 0 spiro atoms. The molecule has 142 valence electrons. The Bertz CT molecular complexity index is 548. The summed E-state index contributed by atoms with van der Waals surface area (Å²) in [6, 6.07) is 0. The summed E-state index contributed by atoms with van der Waals surface area (Å²) < 4.78 is 0. The van der Waals surface area contributed by atoms with Crippen molar-refractivity contribution in [2.45, 2.75) is 93.4 Å². The summed E-state index contributed by atoms with van der Waals surface area (Å²) in [5, 5.41) is -0.0448. The monoisotopic (exact) mass is 388 g/mol. The SMILES string of the molecule is [B][P+](C#CC(C)(C)C)(CC[P+]([B])(C#CC(C)(C)C)C(C)(C)C)C(C)(C)C. The Balaban J connectivity index is 5.90. The van der Waals surface area contributed by atoms with Crippen LogP contribution in [-0.2, 0) is 0 Å². The van der Waals surface area contributed by atoms with Gasteiger partial charge in [0.25, 0.3) is 0 Å². The van der Waals surface area contributed by atoms with Gasteiger partial charge in [0.2, 0.25) is 0 Å². The van der Waals surface area contributed by atoms with E-state index in [2.05, 4.69) is 106 Å². The van der Waals surface area contributed by atoms with Crippen molar-refractivity contribution in [3.8, 4) is 23.2 Å². The van der Waals surface area contributed by atoms with E-state index < -0.39 is 14.3 Å². The van der Waals surface area contributed by atoms with Gasteiger partial charge in [0.1, 0.15) is 0 Å². The normalized spacial score (nSPS) is 17.8. The Labute approximate surface area is 169 Å². The van der Waals surface area contributed by atoms with Crippen LogP contribution in [0.1, 0.15) is 83.1 Å². The van der Waals surface area contributed by atoms with Crippen molar-refractivity contribution in [2.24, 2.45) is 10.8 Å². The van der Waals surface area contributed by atoms with Gasteiger partial charge in [-0.2, -0.15) is 0 Å². The van der Waals surface area contributed by atoms with Crippen molar-refractivity contribution in [3.05, 3.63) is 0 Å². The third-order valence-electron chi connectivity index (χ3n) is 4.46. The van der Waals surface area contributed by atoms with Crippen LogP contribution in [0.2, 0.25) is 0 Å². The quantitative estimate of drug-likeness (QED) is 0.283. The predicted molar refractivity (Wildman–Crippen MR) is 129 cm³/mol. The van der Waals surface area contributed by atoms with E-state index in [1.165, 1.54) is 0 Å². The lowest BCUT2D eigenvalue weighted by Crippen LogP contribution is -2.28. The van der Waals surface area contributed by atoms with Crippen molar-refractivity contribution in [3.63, 3.8) is 0 Å². The highest BCUT2D eigenvalue weighted by Crippen LogP contribution is 2.70. The molecule has 4 radical (unpaired) electrons. The minimum atomic E-state index is -1.96. The molecule has 0 fully saturated rings. The maximum Gasteiger partial charge on any atom is 0.381 e. The first-order valence-electron chi connectivity index (χ1n) is 9.54. The molecule has 0 rings (SSSR count). The molecule has 0 saturated carbocycles. The van der Waals surface area contributed by atoms with E-state index in [1.807, 2.05) is 0 Å². The molecule has 0 amide bonds. The van der Waals surface area contributed by atoms with Gasteiger partial charge in [-0.15, -0.1) is 0 Å². The average molecular weight is 388 g/mol. The molecule has 0 aromatic rings. The summed E-state index contributed by atoms with van der Waals surface area (Å²) in [5.74, 6) is 6.82. The van der Waals surface area contributed by atoms with Crippen LogP contribution >= 0.6 is 14.3 Å². The molecular formula is C22H40B2P2+2. The second-order valence-electron chi connectivity index (χ2n) is 11.5. The molecule has 0 aliphatic carbocycles. The standard InChI is InChI=1S/C22H40B2P2/c1-19(2,3)13-15-25(23,21(7,8)9)17-18-26(24,22(10,11)12)16-14-20(4,5)6/h17-18H2,1-12H3/q+2. The Morgan fingerprint density at radius 1 is 0.538 bits per heavy atom. The molecule has 0 aromatic carbocycles. The molecule has 2 unspecified atom stereocenters. The smallest absolute Gasteiger partial charge is 0.0560 e. The minimum absolute atomic E-state index is 0.0224. The van der Waals surface area contributed by atoms with Crippen LogP contribution in [0, 0.1) is 34.0 Å². The fourth-order valence-corrected chi connectivity index (χ4v) is 7.80. The highest BCUT2D eigenvalue weighted by molar-refractivity contribution is 8.05. The van der Waals surface area contributed by atoms with Gasteiger partial charge in [0, 0.05) is 25.1 Å². The van der Waals surface area contributed by atoms with Crippen molar-refractivity contribution < 1.29 is 0 Å². The highest BCUT2D eigenvalue weighted by atomic mass is 31.2. The minimum Gasteiger partial charge on any atom is -0.0560 e. The van der Waals surface area contributed by atoms with Crippen LogP contribution < -0.4 is 0 Å². The molecule has 0 nitrogen and oxygen atoms in total. The molecule has 4 heteroatoms. The van der Waals surface area contributed by atoms with Crippen LogP contribution in [0.15, 0.2) is 0 Å². The molecule has 0 aliphatic heterocycles. The lowest BCUT2D eigenvalue weighted by molar-refractivity contribution is 0.571. The van der Waals surface area contributed by atoms with E-state index in [4.69, 9.17) is 15.1 Å². The molecule has 0 saturated heterocycles. The Kier molecular flexibility index (Phi) is 8.27. The predicted octanol–water partition coefficient (Wildman–Crippen LogP) is 6.80. The highest BCUT2D eigenvalue weighted by Gasteiger charge is 2.50. The molecule has 0 aromatic heterocycles. The van der Waals surface area contributed by atoms with Gasteiger partial charge in [-0.3, -0.25) is 0 Å². The summed E-state index contributed by atoms with van der Waals surface area (Å²) >= 11 is 0. The molecule has 0 bridgehead atoms. The van der Waals surface area contributed by atoms with Gasteiger partial charge in [-0.1, -0.05) is 11.8 Å². The lowest BCUT2D eigenvalue weighted by atomic mass is 9.99. The zero-order valence-electron chi connectivity index (χ0n) is 19.5. The van der Waals surface area contributed by atoms with Crippen LogP contribution in [0.25, 0.3) is 0 Å². The number of rotatable bonds is 3. The second-order valence-corrected chi connectivity index (χ2v) is 19.0. The van der Waals surface area contributed by atoms with Crippen LogP contribution in [-0.4, -0.2) is 37.8 Å². The third kappa shape index (κ3) is 8.42. The van der Waals surface area contributed by atoms with Gasteiger partial charge in [0.05, 0.1) is 34.0 Å². The maximum atomic E-state index is 6.97. The van der Waals surface area contributed by atoms with Crippen LogP contribution in [0.5, 0.6) is 0 Å². The molecule has 0 heterocycles. The second kappa shape index (κ2) is 8.23. The largest absolute Gasteiger partial charge is 0.381 e. The first-order valence-corrected chi connectivity index (χ1v) is 13.6. The maximum absolute atomic E-state index is 6.97. The average Bonchev–Trinajstić information content (AvgIpc) is 2.36. The van der Waals surface area contributed by atoms with E-state index >= 15 is 0 Å². The molecule has 2 atom stereocenters. The summed E-state index contributed by atoms with van der Waals surface area (Å²) in [6.07, 6.45) is 1.75. The summed E-state index contributed by atoms with van der Waals surface area (Å²) in [5.41, 5.74) is 6.97. The van der Waals surface area contributed by atoms with E-state index in [1.54, 1.807) is 0 Å².